The molecule has 0 aliphatic rings. The maximum Gasteiger partial charge on any atom is 0.143 e. The van der Waals surface area contributed by atoms with E-state index in [1.165, 1.54) is 0 Å². The molecule has 1 heterocycles. The zero-order valence-electron chi connectivity index (χ0n) is 10.9. The lowest BCUT2D eigenvalue weighted by atomic mass is 10.2. The molecule has 3 rings (SSSR count). The Morgan fingerprint density at radius 2 is 1.86 bits per heavy atom. The third kappa shape index (κ3) is 3.32. The minimum atomic E-state index is 0.625. The number of hydrogen-bond donors (Lipinski definition) is 1. The van der Waals surface area contributed by atoms with Crippen LogP contribution >= 0.6 is 23.2 Å². The third-order valence-corrected chi connectivity index (χ3v) is 3.57. The molecule has 1 aromatic heterocycles. The highest BCUT2D eigenvalue weighted by molar-refractivity contribution is 6.35. The number of hydrogen-bond acceptors (Lipinski definition) is 4. The molecule has 0 fully saturated rings. The van der Waals surface area contributed by atoms with E-state index in [9.17, 15) is 0 Å². The average molecular weight is 320 g/mol. The second kappa shape index (κ2) is 6.11. The van der Waals surface area contributed by atoms with Crippen molar-refractivity contribution < 1.29 is 0 Å². The monoisotopic (exact) mass is 319 g/mol. The first kappa shape index (κ1) is 13.9. The van der Waals surface area contributed by atoms with Crippen molar-refractivity contribution in [3.63, 3.8) is 0 Å². The van der Waals surface area contributed by atoms with Gasteiger partial charge in [0.2, 0.25) is 0 Å². The van der Waals surface area contributed by atoms with E-state index < -0.39 is 0 Å². The molecular weight excluding hydrogens is 309 g/mol. The molecule has 0 bridgehead atoms. The molecule has 0 amide bonds. The highest BCUT2D eigenvalue weighted by atomic mass is 35.5. The first-order valence-electron chi connectivity index (χ1n) is 6.23. The Balaban J connectivity index is 1.68. The van der Waals surface area contributed by atoms with E-state index in [0.29, 0.717) is 16.6 Å². The molecule has 0 saturated heterocycles. The Kier molecular flexibility index (Phi) is 4.03. The standard InChI is InChI=1S/C14H11Cl2N5/c15-11-2-1-10(14(16)7-11)8-17-12-3-5-13(6-4-12)21-9-18-19-20-21/h1-7,9,17H,8H2. The van der Waals surface area contributed by atoms with Crippen LogP contribution in [0.1, 0.15) is 5.56 Å². The minimum absolute atomic E-state index is 0.625. The molecule has 0 unspecified atom stereocenters. The largest absolute Gasteiger partial charge is 0.381 e. The van der Waals surface area contributed by atoms with Gasteiger partial charge in [-0.2, -0.15) is 0 Å². The predicted octanol–water partition coefficient (Wildman–Crippen LogP) is 3.58. The van der Waals surface area contributed by atoms with Gasteiger partial charge >= 0.3 is 0 Å². The molecule has 7 heteroatoms. The van der Waals surface area contributed by atoms with E-state index in [4.69, 9.17) is 23.2 Å². The van der Waals surface area contributed by atoms with Gasteiger partial charge in [0, 0.05) is 22.3 Å². The van der Waals surface area contributed by atoms with Gasteiger partial charge < -0.3 is 5.32 Å². The van der Waals surface area contributed by atoms with Crippen LogP contribution in [0.4, 0.5) is 5.69 Å². The molecule has 0 saturated carbocycles. The van der Waals surface area contributed by atoms with Crippen molar-refractivity contribution in [3.05, 3.63) is 64.4 Å². The number of halogens is 2. The van der Waals surface area contributed by atoms with Crippen LogP contribution in [0.15, 0.2) is 48.8 Å². The third-order valence-electron chi connectivity index (χ3n) is 2.98. The maximum absolute atomic E-state index is 6.14. The lowest BCUT2D eigenvalue weighted by Crippen LogP contribution is -2.01. The number of rotatable bonds is 4. The zero-order valence-corrected chi connectivity index (χ0v) is 12.4. The smallest absolute Gasteiger partial charge is 0.143 e. The van der Waals surface area contributed by atoms with Crippen molar-refractivity contribution in [3.8, 4) is 5.69 Å². The minimum Gasteiger partial charge on any atom is -0.381 e. The fourth-order valence-electron chi connectivity index (χ4n) is 1.87. The summed E-state index contributed by atoms with van der Waals surface area (Å²) in [6.45, 7) is 0.625. The summed E-state index contributed by atoms with van der Waals surface area (Å²) in [5.74, 6) is 0. The molecule has 0 atom stereocenters. The number of nitrogens with zero attached hydrogens (tertiary/aromatic N) is 4. The Labute approximate surface area is 131 Å². The first-order chi connectivity index (χ1) is 10.2. The summed E-state index contributed by atoms with van der Waals surface area (Å²) in [5, 5.41) is 15.6. The number of aromatic nitrogens is 4. The Morgan fingerprint density at radius 3 is 2.52 bits per heavy atom. The van der Waals surface area contributed by atoms with Crippen molar-refractivity contribution in [2.45, 2.75) is 6.54 Å². The van der Waals surface area contributed by atoms with Crippen molar-refractivity contribution in [2.75, 3.05) is 5.32 Å². The van der Waals surface area contributed by atoms with Gasteiger partial charge in [0.25, 0.3) is 0 Å². The summed E-state index contributed by atoms with van der Waals surface area (Å²) < 4.78 is 1.60. The Bertz CT molecular complexity index is 726. The van der Waals surface area contributed by atoms with E-state index in [2.05, 4.69) is 20.8 Å². The fraction of sp³-hybridized carbons (Fsp3) is 0.0714. The molecule has 2 aromatic carbocycles. The van der Waals surface area contributed by atoms with Crippen LogP contribution < -0.4 is 5.32 Å². The second-order valence-corrected chi connectivity index (χ2v) is 5.23. The predicted molar refractivity (Wildman–Crippen MR) is 82.9 cm³/mol. The van der Waals surface area contributed by atoms with Gasteiger partial charge in [-0.1, -0.05) is 29.3 Å². The van der Waals surface area contributed by atoms with Crippen LogP contribution in [0.2, 0.25) is 10.0 Å². The lowest BCUT2D eigenvalue weighted by molar-refractivity contribution is 0.789. The second-order valence-electron chi connectivity index (χ2n) is 4.39. The van der Waals surface area contributed by atoms with Crippen LogP contribution in [0, 0.1) is 0 Å². The first-order valence-corrected chi connectivity index (χ1v) is 6.99. The molecule has 0 spiro atoms. The number of anilines is 1. The molecule has 106 valence electrons. The van der Waals surface area contributed by atoms with Crippen LogP contribution in [0.25, 0.3) is 5.69 Å². The summed E-state index contributed by atoms with van der Waals surface area (Å²) in [7, 11) is 0. The average Bonchev–Trinajstić information content (AvgIpc) is 3.01. The van der Waals surface area contributed by atoms with E-state index >= 15 is 0 Å². The van der Waals surface area contributed by atoms with Crippen molar-refractivity contribution in [2.24, 2.45) is 0 Å². The summed E-state index contributed by atoms with van der Waals surface area (Å²) in [4.78, 5) is 0. The van der Waals surface area contributed by atoms with E-state index in [1.807, 2.05) is 36.4 Å². The topological polar surface area (TPSA) is 55.6 Å². The highest BCUT2D eigenvalue weighted by Gasteiger charge is 2.02. The van der Waals surface area contributed by atoms with Crippen molar-refractivity contribution >= 4 is 28.9 Å². The van der Waals surface area contributed by atoms with Gasteiger partial charge in [0.1, 0.15) is 6.33 Å². The van der Waals surface area contributed by atoms with Gasteiger partial charge in [-0.15, -0.1) is 5.10 Å². The van der Waals surface area contributed by atoms with Crippen LogP contribution in [0.5, 0.6) is 0 Å². The quantitative estimate of drug-likeness (QED) is 0.798. The Hall–Kier alpha value is -2.11. The Morgan fingerprint density at radius 1 is 1.05 bits per heavy atom. The van der Waals surface area contributed by atoms with Crippen molar-refractivity contribution in [1.29, 1.82) is 0 Å². The summed E-state index contributed by atoms with van der Waals surface area (Å²) in [6, 6.07) is 13.3. The lowest BCUT2D eigenvalue weighted by Gasteiger charge is -2.09. The van der Waals surface area contributed by atoms with Gasteiger partial charge in [-0.05, 0) is 52.4 Å². The van der Waals surface area contributed by atoms with Gasteiger partial charge in [0.05, 0.1) is 5.69 Å². The number of benzene rings is 2. The van der Waals surface area contributed by atoms with Crippen LogP contribution in [0.3, 0.4) is 0 Å². The highest BCUT2D eigenvalue weighted by Crippen LogP contribution is 2.22. The summed E-state index contributed by atoms with van der Waals surface area (Å²) in [6.07, 6.45) is 1.55. The van der Waals surface area contributed by atoms with Crippen LogP contribution in [-0.2, 0) is 6.54 Å². The van der Waals surface area contributed by atoms with E-state index in [1.54, 1.807) is 17.1 Å². The SMILES string of the molecule is Clc1ccc(CNc2ccc(-n3cnnn3)cc2)c(Cl)c1. The van der Waals surface area contributed by atoms with Crippen molar-refractivity contribution in [1.82, 2.24) is 20.2 Å². The van der Waals surface area contributed by atoms with E-state index in [-0.39, 0.29) is 0 Å². The molecule has 0 radical (unpaired) electrons. The normalized spacial score (nSPS) is 10.6. The summed E-state index contributed by atoms with van der Waals surface area (Å²) in [5.41, 5.74) is 2.87. The van der Waals surface area contributed by atoms with Gasteiger partial charge in [0.15, 0.2) is 0 Å². The van der Waals surface area contributed by atoms with Gasteiger partial charge in [-0.3, -0.25) is 0 Å². The molecule has 3 aromatic rings. The molecule has 0 aliphatic heterocycles. The molecule has 1 N–H and O–H groups in total. The molecule has 5 nitrogen and oxygen atoms in total. The molecular formula is C14H11Cl2N5. The molecule has 0 aliphatic carbocycles. The fourth-order valence-corrected chi connectivity index (χ4v) is 2.35. The maximum atomic E-state index is 6.14. The summed E-state index contributed by atoms with van der Waals surface area (Å²) >= 11 is 12.0. The number of tetrazole rings is 1. The molecule has 21 heavy (non-hydrogen) atoms. The number of nitrogens with one attached hydrogen (secondary N) is 1. The zero-order chi connectivity index (χ0) is 14.7. The van der Waals surface area contributed by atoms with E-state index in [0.717, 1.165) is 16.9 Å². The van der Waals surface area contributed by atoms with Gasteiger partial charge in [-0.25, -0.2) is 4.68 Å². The van der Waals surface area contributed by atoms with Crippen LogP contribution in [-0.4, -0.2) is 20.2 Å².